The minimum absolute atomic E-state index is 0.0369. The highest BCUT2D eigenvalue weighted by atomic mass is 35.5. The second kappa shape index (κ2) is 18.0. The summed E-state index contributed by atoms with van der Waals surface area (Å²) in [5, 5.41) is 15.4. The standard InChI is InChI=1S/C27H41Cl2N5O7/c1-19-17-34(20-7-8-21(28)22(29)16-20)33-25(19)32-23(35)6-5-9-30-24(36)18-40-15-14-39-13-12-38-11-10-31-26(37)41-27(2,3)4/h7-8,16,19H,5-6,9-15,17-18H2,1-4H3,(H,30,36)(H,31,37)(H,32,33,35). The Balaban J connectivity index is 1.44. The Morgan fingerprint density at radius 2 is 1.63 bits per heavy atom. The number of anilines is 1. The van der Waals surface area contributed by atoms with Crippen LogP contribution in [0.2, 0.25) is 10.0 Å². The van der Waals surface area contributed by atoms with Crippen LogP contribution >= 0.6 is 23.2 Å². The summed E-state index contributed by atoms with van der Waals surface area (Å²) >= 11 is 12.1. The van der Waals surface area contributed by atoms with Gasteiger partial charge in [-0.1, -0.05) is 30.1 Å². The van der Waals surface area contributed by atoms with Crippen LogP contribution in [-0.4, -0.2) is 88.6 Å². The number of ether oxygens (including phenoxy) is 4. The minimum atomic E-state index is -0.537. The SMILES string of the molecule is CC1CN(c2ccc(Cl)c(Cl)c2)N=C1NC(=O)CCCNC(=O)COCCOCCOCCNC(=O)OC(C)(C)C. The topological polar surface area (TPSA) is 140 Å². The number of benzene rings is 1. The van der Waals surface area contributed by atoms with Gasteiger partial charge in [0.15, 0.2) is 0 Å². The van der Waals surface area contributed by atoms with Crippen molar-refractivity contribution in [2.75, 3.05) is 64.3 Å². The molecule has 3 N–H and O–H groups in total. The van der Waals surface area contributed by atoms with E-state index in [1.165, 1.54) is 0 Å². The van der Waals surface area contributed by atoms with Crippen molar-refractivity contribution in [1.82, 2.24) is 16.0 Å². The molecule has 0 bridgehead atoms. The van der Waals surface area contributed by atoms with Crippen LogP contribution in [0.1, 0.15) is 40.5 Å². The average molecular weight is 619 g/mol. The Morgan fingerprint density at radius 3 is 2.32 bits per heavy atom. The summed E-state index contributed by atoms with van der Waals surface area (Å²) < 4.78 is 21.1. The fourth-order valence-electron chi connectivity index (χ4n) is 3.45. The van der Waals surface area contributed by atoms with E-state index in [1.54, 1.807) is 37.9 Å². The molecule has 1 aromatic rings. The number of hydrogen-bond donors (Lipinski definition) is 3. The lowest BCUT2D eigenvalue weighted by atomic mass is 10.1. The zero-order chi connectivity index (χ0) is 30.3. The summed E-state index contributed by atoms with van der Waals surface area (Å²) in [5.41, 5.74) is 0.257. The van der Waals surface area contributed by atoms with Crippen molar-refractivity contribution in [2.45, 2.75) is 46.1 Å². The Kier molecular flexibility index (Phi) is 15.2. The molecule has 12 nitrogen and oxygen atoms in total. The van der Waals surface area contributed by atoms with E-state index in [2.05, 4.69) is 21.1 Å². The number of hydrazone groups is 1. The lowest BCUT2D eigenvalue weighted by Gasteiger charge is -2.19. The number of rotatable bonds is 16. The molecule has 1 aliphatic rings. The van der Waals surface area contributed by atoms with Crippen molar-refractivity contribution in [3.63, 3.8) is 0 Å². The summed E-state index contributed by atoms with van der Waals surface area (Å²) in [6, 6.07) is 5.26. The Hall–Kier alpha value is -2.64. The van der Waals surface area contributed by atoms with E-state index in [0.717, 1.165) is 5.69 Å². The summed E-state index contributed by atoms with van der Waals surface area (Å²) in [6.45, 7) is 10.2. The normalized spacial score (nSPS) is 14.9. The third-order valence-electron chi connectivity index (χ3n) is 5.41. The smallest absolute Gasteiger partial charge is 0.407 e. The van der Waals surface area contributed by atoms with Crippen LogP contribution in [0, 0.1) is 5.92 Å². The molecule has 0 fully saturated rings. The molecule has 1 aromatic carbocycles. The highest BCUT2D eigenvalue weighted by Gasteiger charge is 2.25. The molecule has 1 heterocycles. The molecule has 41 heavy (non-hydrogen) atoms. The molecule has 14 heteroatoms. The third-order valence-corrected chi connectivity index (χ3v) is 6.14. The second-order valence-corrected chi connectivity index (χ2v) is 11.1. The third kappa shape index (κ3) is 14.7. The minimum Gasteiger partial charge on any atom is -0.444 e. The van der Waals surface area contributed by atoms with Crippen molar-refractivity contribution >= 4 is 52.6 Å². The zero-order valence-electron chi connectivity index (χ0n) is 24.1. The molecule has 0 aliphatic carbocycles. The van der Waals surface area contributed by atoms with E-state index < -0.39 is 11.7 Å². The molecule has 1 atom stereocenters. The molecule has 0 saturated heterocycles. The monoisotopic (exact) mass is 617 g/mol. The summed E-state index contributed by atoms with van der Waals surface area (Å²) in [6.07, 6.45) is 0.238. The largest absolute Gasteiger partial charge is 0.444 e. The molecule has 230 valence electrons. The number of alkyl carbamates (subject to hydrolysis) is 1. The molecule has 2 rings (SSSR count). The number of amidine groups is 1. The van der Waals surface area contributed by atoms with Crippen molar-refractivity contribution < 1.29 is 33.3 Å². The number of halogens is 2. The van der Waals surface area contributed by atoms with Gasteiger partial charge in [-0.2, -0.15) is 5.10 Å². The van der Waals surface area contributed by atoms with Crippen molar-refractivity contribution in [2.24, 2.45) is 11.0 Å². The van der Waals surface area contributed by atoms with Gasteiger partial charge in [0.25, 0.3) is 0 Å². The maximum absolute atomic E-state index is 12.3. The number of nitrogens with zero attached hydrogens (tertiary/aromatic N) is 2. The fourth-order valence-corrected chi connectivity index (χ4v) is 3.74. The van der Waals surface area contributed by atoms with Gasteiger partial charge < -0.3 is 34.9 Å². The number of hydrogen-bond acceptors (Lipinski definition) is 9. The van der Waals surface area contributed by atoms with Crippen molar-refractivity contribution in [1.29, 1.82) is 0 Å². The van der Waals surface area contributed by atoms with Gasteiger partial charge in [0.05, 0.1) is 55.3 Å². The fraction of sp³-hybridized carbons (Fsp3) is 0.630. The lowest BCUT2D eigenvalue weighted by Crippen LogP contribution is -2.34. The number of nitrogens with one attached hydrogen (secondary N) is 3. The first kappa shape index (κ1) is 34.6. The Bertz CT molecular complexity index is 1040. The number of carbonyl (C=O) groups excluding carboxylic acids is 3. The van der Waals surface area contributed by atoms with Crippen LogP contribution in [0.25, 0.3) is 0 Å². The molecule has 0 saturated carbocycles. The lowest BCUT2D eigenvalue weighted by molar-refractivity contribution is -0.126. The van der Waals surface area contributed by atoms with Crippen LogP contribution in [0.5, 0.6) is 0 Å². The molecule has 1 unspecified atom stereocenters. The highest BCUT2D eigenvalue weighted by Crippen LogP contribution is 2.29. The van der Waals surface area contributed by atoms with Crippen LogP contribution < -0.4 is 21.0 Å². The first-order valence-electron chi connectivity index (χ1n) is 13.5. The van der Waals surface area contributed by atoms with E-state index in [-0.39, 0.29) is 37.4 Å². The number of carbonyl (C=O) groups is 3. The highest BCUT2D eigenvalue weighted by molar-refractivity contribution is 6.42. The quantitative estimate of drug-likeness (QED) is 0.240. The van der Waals surface area contributed by atoms with Gasteiger partial charge in [0, 0.05) is 25.4 Å². The predicted octanol–water partition coefficient (Wildman–Crippen LogP) is 3.35. The summed E-state index contributed by atoms with van der Waals surface area (Å²) in [7, 11) is 0. The van der Waals surface area contributed by atoms with Gasteiger partial charge >= 0.3 is 6.09 Å². The van der Waals surface area contributed by atoms with Crippen LogP contribution in [0.15, 0.2) is 23.3 Å². The van der Waals surface area contributed by atoms with Crippen molar-refractivity contribution in [3.05, 3.63) is 28.2 Å². The van der Waals surface area contributed by atoms with E-state index in [0.29, 0.717) is 68.4 Å². The molecular formula is C27H41Cl2N5O7. The molecule has 0 spiro atoms. The molecule has 0 radical (unpaired) electrons. The number of amides is 3. The van der Waals surface area contributed by atoms with Gasteiger partial charge in [-0.25, -0.2) is 4.79 Å². The molecular weight excluding hydrogens is 577 g/mol. The molecule has 3 amide bonds. The summed E-state index contributed by atoms with van der Waals surface area (Å²) in [4.78, 5) is 35.7. The van der Waals surface area contributed by atoms with Crippen molar-refractivity contribution in [3.8, 4) is 0 Å². The van der Waals surface area contributed by atoms with Crippen LogP contribution in [0.3, 0.4) is 0 Å². The Morgan fingerprint density at radius 1 is 0.951 bits per heavy atom. The maximum Gasteiger partial charge on any atom is 0.407 e. The van der Waals surface area contributed by atoms with E-state index in [1.807, 2.05) is 13.0 Å². The van der Waals surface area contributed by atoms with Crippen LogP contribution in [-0.2, 0) is 28.5 Å². The van der Waals surface area contributed by atoms with Gasteiger partial charge in [-0.15, -0.1) is 0 Å². The second-order valence-electron chi connectivity index (χ2n) is 10.3. The zero-order valence-corrected chi connectivity index (χ0v) is 25.6. The van der Waals surface area contributed by atoms with E-state index >= 15 is 0 Å². The van der Waals surface area contributed by atoms with Gasteiger partial charge in [-0.3, -0.25) is 14.6 Å². The first-order chi connectivity index (χ1) is 19.4. The van der Waals surface area contributed by atoms with E-state index in [9.17, 15) is 14.4 Å². The predicted molar refractivity (Wildman–Crippen MR) is 157 cm³/mol. The Labute approximate surface area is 251 Å². The average Bonchev–Trinajstić information content (AvgIpc) is 3.25. The van der Waals surface area contributed by atoms with Gasteiger partial charge in [-0.05, 0) is 45.4 Å². The molecule has 1 aliphatic heterocycles. The van der Waals surface area contributed by atoms with Gasteiger partial charge in [0.1, 0.15) is 18.0 Å². The van der Waals surface area contributed by atoms with Crippen LogP contribution in [0.4, 0.5) is 10.5 Å². The van der Waals surface area contributed by atoms with E-state index in [4.69, 9.17) is 42.1 Å². The van der Waals surface area contributed by atoms with Gasteiger partial charge in [0.2, 0.25) is 11.8 Å². The first-order valence-corrected chi connectivity index (χ1v) is 14.3. The summed E-state index contributed by atoms with van der Waals surface area (Å²) in [5.74, 6) is 0.187. The maximum atomic E-state index is 12.3. The molecule has 0 aromatic heterocycles.